The van der Waals surface area contributed by atoms with E-state index >= 15 is 0 Å². The second-order valence-corrected chi connectivity index (χ2v) is 3.52. The topological polar surface area (TPSA) is 49.3 Å². The molecule has 0 atom stereocenters. The van der Waals surface area contributed by atoms with Gasteiger partial charge >= 0.3 is 6.09 Å². The third-order valence-electron chi connectivity index (χ3n) is 1.60. The molecule has 3 nitrogen and oxygen atoms in total. The molecule has 1 aromatic carbocycles. The van der Waals surface area contributed by atoms with Crippen LogP contribution in [0.5, 0.6) is 0 Å². The Morgan fingerprint density at radius 2 is 2.00 bits per heavy atom. The molecule has 70 valence electrons. The fourth-order valence-corrected chi connectivity index (χ4v) is 1.23. The van der Waals surface area contributed by atoms with Crippen LogP contribution in [0.1, 0.15) is 5.56 Å². The lowest BCUT2D eigenvalue weighted by Gasteiger charge is -2.01. The first-order valence-electron chi connectivity index (χ1n) is 3.90. The van der Waals surface area contributed by atoms with E-state index in [4.69, 9.17) is 5.11 Å². The summed E-state index contributed by atoms with van der Waals surface area (Å²) in [6.07, 6.45) is -0.253. The molecular formula is C9H10BrNO2. The number of benzene rings is 1. The SMILES string of the molecule is O=C(O)NCCc1ccc(Br)cc1. The molecule has 0 fully saturated rings. The smallest absolute Gasteiger partial charge is 0.404 e. The molecule has 0 aliphatic carbocycles. The van der Waals surface area contributed by atoms with E-state index in [2.05, 4.69) is 21.2 Å². The molecule has 0 aromatic heterocycles. The van der Waals surface area contributed by atoms with Gasteiger partial charge in [0, 0.05) is 11.0 Å². The van der Waals surface area contributed by atoms with Crippen LogP contribution in [0.4, 0.5) is 4.79 Å². The fourth-order valence-electron chi connectivity index (χ4n) is 0.965. The Kier molecular flexibility index (Phi) is 3.76. The molecule has 0 bridgehead atoms. The summed E-state index contributed by atoms with van der Waals surface area (Å²) in [6, 6.07) is 7.81. The van der Waals surface area contributed by atoms with Crippen LogP contribution in [0.2, 0.25) is 0 Å². The van der Waals surface area contributed by atoms with E-state index in [0.29, 0.717) is 6.54 Å². The minimum atomic E-state index is -0.975. The molecule has 1 rings (SSSR count). The van der Waals surface area contributed by atoms with Crippen LogP contribution in [0.3, 0.4) is 0 Å². The van der Waals surface area contributed by atoms with Crippen molar-refractivity contribution in [3.8, 4) is 0 Å². The van der Waals surface area contributed by atoms with Crippen molar-refractivity contribution in [2.45, 2.75) is 6.42 Å². The average molecular weight is 244 g/mol. The van der Waals surface area contributed by atoms with Gasteiger partial charge in [0.15, 0.2) is 0 Å². The zero-order chi connectivity index (χ0) is 9.68. The number of halogens is 1. The molecule has 0 saturated carbocycles. The van der Waals surface area contributed by atoms with Crippen LogP contribution in [0.25, 0.3) is 0 Å². The van der Waals surface area contributed by atoms with Crippen molar-refractivity contribution in [2.24, 2.45) is 0 Å². The summed E-state index contributed by atoms with van der Waals surface area (Å²) in [6.45, 7) is 0.455. The van der Waals surface area contributed by atoms with Gasteiger partial charge in [-0.2, -0.15) is 0 Å². The first kappa shape index (κ1) is 10.1. The minimum Gasteiger partial charge on any atom is -0.465 e. The molecule has 4 heteroatoms. The van der Waals surface area contributed by atoms with Crippen molar-refractivity contribution < 1.29 is 9.90 Å². The second kappa shape index (κ2) is 4.87. The van der Waals surface area contributed by atoms with Gasteiger partial charge in [0.05, 0.1) is 0 Å². The van der Waals surface area contributed by atoms with Gasteiger partial charge in [0.2, 0.25) is 0 Å². The van der Waals surface area contributed by atoms with E-state index in [9.17, 15) is 4.79 Å². The number of carboxylic acid groups (broad SMARTS) is 1. The van der Waals surface area contributed by atoms with Crippen LogP contribution in [0.15, 0.2) is 28.7 Å². The van der Waals surface area contributed by atoms with E-state index < -0.39 is 6.09 Å². The summed E-state index contributed by atoms with van der Waals surface area (Å²) in [5, 5.41) is 10.6. The molecule has 1 aromatic rings. The lowest BCUT2D eigenvalue weighted by molar-refractivity contribution is 0.194. The Balaban J connectivity index is 2.37. The highest BCUT2D eigenvalue weighted by molar-refractivity contribution is 9.10. The standard InChI is InChI=1S/C9H10BrNO2/c10-8-3-1-7(2-4-8)5-6-11-9(12)13/h1-4,11H,5-6H2,(H,12,13). The maximum atomic E-state index is 10.1. The molecule has 1 amide bonds. The fraction of sp³-hybridized carbons (Fsp3) is 0.222. The van der Waals surface area contributed by atoms with Crippen molar-refractivity contribution in [1.29, 1.82) is 0 Å². The largest absolute Gasteiger partial charge is 0.465 e. The number of rotatable bonds is 3. The number of hydrogen-bond acceptors (Lipinski definition) is 1. The molecule has 0 unspecified atom stereocenters. The third kappa shape index (κ3) is 3.94. The molecule has 2 N–H and O–H groups in total. The third-order valence-corrected chi connectivity index (χ3v) is 2.13. The monoisotopic (exact) mass is 243 g/mol. The minimum absolute atomic E-state index is 0.455. The van der Waals surface area contributed by atoms with Gasteiger partial charge in [-0.1, -0.05) is 28.1 Å². The van der Waals surface area contributed by atoms with Crippen LogP contribution >= 0.6 is 15.9 Å². The van der Waals surface area contributed by atoms with Gasteiger partial charge < -0.3 is 10.4 Å². The Labute approximate surface area is 84.9 Å². The van der Waals surface area contributed by atoms with Crippen LogP contribution < -0.4 is 5.32 Å². The quantitative estimate of drug-likeness (QED) is 0.856. The summed E-state index contributed by atoms with van der Waals surface area (Å²) in [5.74, 6) is 0. The normalized spacial score (nSPS) is 9.62. The first-order valence-corrected chi connectivity index (χ1v) is 4.69. The summed E-state index contributed by atoms with van der Waals surface area (Å²) in [4.78, 5) is 10.1. The Morgan fingerprint density at radius 3 is 2.54 bits per heavy atom. The highest BCUT2D eigenvalue weighted by Crippen LogP contribution is 2.10. The van der Waals surface area contributed by atoms with Crippen molar-refractivity contribution in [3.05, 3.63) is 34.3 Å². The van der Waals surface area contributed by atoms with Crippen LogP contribution in [-0.4, -0.2) is 17.7 Å². The molecule has 0 spiro atoms. The molecule has 0 aliphatic heterocycles. The van der Waals surface area contributed by atoms with Crippen molar-refractivity contribution in [2.75, 3.05) is 6.54 Å². The number of nitrogens with one attached hydrogen (secondary N) is 1. The van der Waals surface area contributed by atoms with Gasteiger partial charge in [-0.25, -0.2) is 4.79 Å². The average Bonchev–Trinajstić information content (AvgIpc) is 2.08. The number of carbonyl (C=O) groups is 1. The predicted octanol–water partition coefficient (Wildman–Crippen LogP) is 2.26. The maximum absolute atomic E-state index is 10.1. The van der Waals surface area contributed by atoms with Crippen molar-refractivity contribution in [3.63, 3.8) is 0 Å². The molecule has 0 radical (unpaired) electrons. The summed E-state index contributed by atoms with van der Waals surface area (Å²) < 4.78 is 1.03. The van der Waals surface area contributed by atoms with Crippen molar-refractivity contribution >= 4 is 22.0 Å². The summed E-state index contributed by atoms with van der Waals surface area (Å²) in [7, 11) is 0. The van der Waals surface area contributed by atoms with Gasteiger partial charge in [0.1, 0.15) is 0 Å². The molecular weight excluding hydrogens is 234 g/mol. The van der Waals surface area contributed by atoms with E-state index in [1.54, 1.807) is 0 Å². The Morgan fingerprint density at radius 1 is 1.38 bits per heavy atom. The van der Waals surface area contributed by atoms with E-state index in [1.807, 2.05) is 24.3 Å². The molecule has 0 saturated heterocycles. The van der Waals surface area contributed by atoms with Gasteiger partial charge in [0.25, 0.3) is 0 Å². The van der Waals surface area contributed by atoms with E-state index in [1.165, 1.54) is 0 Å². The number of hydrogen-bond donors (Lipinski definition) is 2. The second-order valence-electron chi connectivity index (χ2n) is 2.61. The molecule has 0 heterocycles. The Hall–Kier alpha value is -1.03. The number of amides is 1. The van der Waals surface area contributed by atoms with E-state index in [0.717, 1.165) is 16.5 Å². The lowest BCUT2D eigenvalue weighted by Crippen LogP contribution is -2.23. The summed E-state index contributed by atoms with van der Waals surface area (Å²) >= 11 is 3.33. The highest BCUT2D eigenvalue weighted by Gasteiger charge is 1.95. The summed E-state index contributed by atoms with van der Waals surface area (Å²) in [5.41, 5.74) is 1.12. The zero-order valence-electron chi connectivity index (χ0n) is 6.96. The van der Waals surface area contributed by atoms with Gasteiger partial charge in [-0.15, -0.1) is 0 Å². The first-order chi connectivity index (χ1) is 6.18. The van der Waals surface area contributed by atoms with E-state index in [-0.39, 0.29) is 0 Å². The zero-order valence-corrected chi connectivity index (χ0v) is 8.54. The maximum Gasteiger partial charge on any atom is 0.404 e. The molecule has 0 aliphatic rings. The van der Waals surface area contributed by atoms with Gasteiger partial charge in [-0.05, 0) is 24.1 Å². The van der Waals surface area contributed by atoms with Crippen LogP contribution in [0, 0.1) is 0 Å². The highest BCUT2D eigenvalue weighted by atomic mass is 79.9. The molecule has 13 heavy (non-hydrogen) atoms. The Bertz CT molecular complexity index is 284. The van der Waals surface area contributed by atoms with Crippen molar-refractivity contribution in [1.82, 2.24) is 5.32 Å². The van der Waals surface area contributed by atoms with Gasteiger partial charge in [-0.3, -0.25) is 0 Å². The van der Waals surface area contributed by atoms with Crippen LogP contribution in [-0.2, 0) is 6.42 Å². The predicted molar refractivity (Wildman–Crippen MR) is 53.9 cm³/mol. The lowest BCUT2D eigenvalue weighted by atomic mass is 10.1.